The smallest absolute Gasteiger partial charge is 0.221 e. The lowest BCUT2D eigenvalue weighted by Crippen LogP contribution is -2.06. The van der Waals surface area contributed by atoms with Crippen LogP contribution in [0.5, 0.6) is 5.75 Å². The topological polar surface area (TPSA) is 109 Å². The second-order valence-corrected chi connectivity index (χ2v) is 5.66. The first-order chi connectivity index (χ1) is 12.8. The largest absolute Gasteiger partial charge is 0.492 e. The highest BCUT2D eigenvalue weighted by Crippen LogP contribution is 2.39. The summed E-state index contributed by atoms with van der Waals surface area (Å²) >= 11 is 0. The lowest BCUT2D eigenvalue weighted by molar-refractivity contribution is 0.414. The summed E-state index contributed by atoms with van der Waals surface area (Å²) in [7, 11) is 3.39. The van der Waals surface area contributed by atoms with Crippen LogP contribution in [-0.2, 0) is 7.05 Å². The van der Waals surface area contributed by atoms with Gasteiger partial charge in [0.1, 0.15) is 17.7 Å². The number of nitrogens with zero attached hydrogens (tertiary/aromatic N) is 8. The number of fused-ring (bicyclic) bond motifs is 1. The van der Waals surface area contributed by atoms with Gasteiger partial charge in [-0.25, -0.2) is 0 Å². The summed E-state index contributed by atoms with van der Waals surface area (Å²) in [6, 6.07) is 1.69. The summed E-state index contributed by atoms with van der Waals surface area (Å²) in [6.07, 6.45) is 9.16. The van der Waals surface area contributed by atoms with Gasteiger partial charge in [-0.15, -0.1) is 15.3 Å². The van der Waals surface area contributed by atoms with Gasteiger partial charge in [0.05, 0.1) is 18.9 Å². The second kappa shape index (κ2) is 5.34. The molecule has 0 spiro atoms. The minimum absolute atomic E-state index is 0.446. The lowest BCUT2D eigenvalue weighted by atomic mass is 9.96. The van der Waals surface area contributed by atoms with E-state index in [0.717, 1.165) is 11.1 Å². The van der Waals surface area contributed by atoms with Gasteiger partial charge >= 0.3 is 0 Å². The van der Waals surface area contributed by atoms with Gasteiger partial charge in [0.25, 0.3) is 0 Å². The van der Waals surface area contributed by atoms with Crippen LogP contribution in [-0.4, -0.2) is 47.1 Å². The molecule has 0 saturated carbocycles. The molecule has 128 valence electrons. The van der Waals surface area contributed by atoms with E-state index < -0.39 is 0 Å². The Balaban J connectivity index is 1.86. The molecule has 5 rings (SSSR count). The number of aromatic nitrogens is 8. The molecule has 1 aliphatic rings. The van der Waals surface area contributed by atoms with Crippen molar-refractivity contribution in [2.24, 2.45) is 7.05 Å². The zero-order chi connectivity index (χ0) is 17.7. The van der Waals surface area contributed by atoms with Gasteiger partial charge in [-0.2, -0.15) is 9.61 Å². The van der Waals surface area contributed by atoms with Crippen molar-refractivity contribution in [2.75, 3.05) is 7.11 Å². The third kappa shape index (κ3) is 1.98. The zero-order valence-electron chi connectivity index (χ0n) is 13.9. The lowest BCUT2D eigenvalue weighted by Gasteiger charge is -2.16. The zero-order valence-corrected chi connectivity index (χ0v) is 13.9. The van der Waals surface area contributed by atoms with E-state index in [1.54, 1.807) is 35.6 Å². The van der Waals surface area contributed by atoms with E-state index >= 15 is 0 Å². The summed E-state index contributed by atoms with van der Waals surface area (Å²) in [6.45, 7) is 0. The fourth-order valence-corrected chi connectivity index (χ4v) is 2.83. The molecule has 0 bridgehead atoms. The van der Waals surface area contributed by atoms with Gasteiger partial charge in [-0.05, 0) is 5.57 Å². The molecule has 1 aliphatic carbocycles. The average molecular weight is 348 g/mol. The molecule has 0 atom stereocenters. The molecule has 0 amide bonds. The summed E-state index contributed by atoms with van der Waals surface area (Å²) in [5.74, 6) is 1.00. The van der Waals surface area contributed by atoms with E-state index in [1.807, 2.05) is 18.2 Å². The molecule has 0 saturated heterocycles. The van der Waals surface area contributed by atoms with Gasteiger partial charge in [0.2, 0.25) is 11.5 Å². The van der Waals surface area contributed by atoms with Gasteiger partial charge in [-0.3, -0.25) is 4.68 Å². The maximum atomic E-state index is 5.68. The number of rotatable bonds is 4. The highest BCUT2D eigenvalue weighted by molar-refractivity contribution is 5.92. The molecule has 10 heteroatoms. The molecule has 0 unspecified atom stereocenters. The molecular formula is C16H12N8O2. The highest BCUT2D eigenvalue weighted by atomic mass is 16.5. The molecule has 0 aliphatic heterocycles. The third-order valence-corrected chi connectivity index (χ3v) is 4.06. The molecule has 4 heterocycles. The number of methoxy groups -OCH3 is 1. The van der Waals surface area contributed by atoms with Gasteiger partial charge in [0.15, 0.2) is 11.4 Å². The Morgan fingerprint density at radius 1 is 1.15 bits per heavy atom. The van der Waals surface area contributed by atoms with Crippen molar-refractivity contribution in [2.45, 2.75) is 0 Å². The van der Waals surface area contributed by atoms with Crippen LogP contribution < -0.4 is 4.74 Å². The predicted octanol–water partition coefficient (Wildman–Crippen LogP) is 1.54. The van der Waals surface area contributed by atoms with Crippen LogP contribution in [0.4, 0.5) is 0 Å². The Kier molecular flexibility index (Phi) is 2.98. The molecule has 0 N–H and O–H groups in total. The Labute approximate surface area is 146 Å². The van der Waals surface area contributed by atoms with Crippen molar-refractivity contribution in [3.8, 4) is 28.7 Å². The molecular weight excluding hydrogens is 336 g/mol. The first-order valence-electron chi connectivity index (χ1n) is 7.76. The molecule has 4 aromatic heterocycles. The van der Waals surface area contributed by atoms with Crippen LogP contribution in [0, 0.1) is 0 Å². The monoisotopic (exact) mass is 348 g/mol. The number of hydrogen-bond donors (Lipinski definition) is 0. The SMILES string of the molecule is COc1c(C2=CC=C2)c(-c2cn(C)nn2)nn2c(-c3ccon3)nnc12. The van der Waals surface area contributed by atoms with Gasteiger partial charge < -0.3 is 9.26 Å². The van der Waals surface area contributed by atoms with Crippen molar-refractivity contribution in [3.63, 3.8) is 0 Å². The van der Waals surface area contributed by atoms with Crippen LogP contribution in [0.3, 0.4) is 0 Å². The molecule has 26 heavy (non-hydrogen) atoms. The molecule has 0 aromatic carbocycles. The molecule has 4 aromatic rings. The predicted molar refractivity (Wildman–Crippen MR) is 89.9 cm³/mol. The summed E-state index contributed by atoms with van der Waals surface area (Å²) < 4.78 is 13.8. The van der Waals surface area contributed by atoms with Crippen LogP contribution in [0.25, 0.3) is 34.1 Å². The fourth-order valence-electron chi connectivity index (χ4n) is 2.83. The number of aryl methyl sites for hydroxylation is 1. The van der Waals surface area contributed by atoms with Gasteiger partial charge in [0, 0.05) is 13.1 Å². The summed E-state index contributed by atoms with van der Waals surface area (Å²) in [5, 5.41) is 25.3. The molecule has 0 fully saturated rings. The fraction of sp³-hybridized carbons (Fsp3) is 0.125. The maximum absolute atomic E-state index is 5.68. The number of hydrogen-bond acceptors (Lipinski definition) is 8. The van der Waals surface area contributed by atoms with E-state index in [-0.39, 0.29) is 0 Å². The van der Waals surface area contributed by atoms with Crippen LogP contribution in [0.2, 0.25) is 0 Å². The quantitative estimate of drug-likeness (QED) is 0.546. The second-order valence-electron chi connectivity index (χ2n) is 5.66. The molecule has 0 radical (unpaired) electrons. The van der Waals surface area contributed by atoms with E-state index in [1.165, 1.54) is 6.26 Å². The van der Waals surface area contributed by atoms with Crippen LogP contribution in [0.15, 0.2) is 41.3 Å². The van der Waals surface area contributed by atoms with Crippen molar-refractivity contribution in [3.05, 3.63) is 42.3 Å². The summed E-state index contributed by atoms with van der Waals surface area (Å²) in [5.41, 5.74) is 4.00. The molecule has 10 nitrogen and oxygen atoms in total. The summed E-state index contributed by atoms with van der Waals surface area (Å²) in [4.78, 5) is 0. The first kappa shape index (κ1) is 14.5. The normalized spacial score (nSPS) is 13.1. The Morgan fingerprint density at radius 3 is 2.65 bits per heavy atom. The van der Waals surface area contributed by atoms with Crippen molar-refractivity contribution < 1.29 is 9.26 Å². The Morgan fingerprint density at radius 2 is 2.04 bits per heavy atom. The standard InChI is InChI=1S/C16H12N8O2/c1-23-8-11(17-22-23)13-12(9-4-3-5-9)14(25-2)16-19-18-15(24(16)20-13)10-6-7-26-21-10/h3-8H,1-2H3. The van der Waals surface area contributed by atoms with Crippen molar-refractivity contribution >= 4 is 11.2 Å². The minimum Gasteiger partial charge on any atom is -0.492 e. The highest BCUT2D eigenvalue weighted by Gasteiger charge is 2.26. The van der Waals surface area contributed by atoms with Crippen LogP contribution >= 0.6 is 0 Å². The Bertz CT molecular complexity index is 1180. The van der Waals surface area contributed by atoms with E-state index in [9.17, 15) is 0 Å². The van der Waals surface area contributed by atoms with Crippen LogP contribution in [0.1, 0.15) is 5.56 Å². The van der Waals surface area contributed by atoms with E-state index in [4.69, 9.17) is 14.4 Å². The first-order valence-corrected chi connectivity index (χ1v) is 7.76. The maximum Gasteiger partial charge on any atom is 0.221 e. The van der Waals surface area contributed by atoms with Crippen molar-refractivity contribution in [1.82, 2.24) is 40.0 Å². The minimum atomic E-state index is 0.446. The number of ether oxygens (including phenoxy) is 1. The average Bonchev–Trinajstić information content (AvgIpc) is 3.31. The van der Waals surface area contributed by atoms with Crippen molar-refractivity contribution in [1.29, 1.82) is 0 Å². The van der Waals surface area contributed by atoms with E-state index in [2.05, 4.69) is 25.7 Å². The number of allylic oxidation sites excluding steroid dienone is 4. The third-order valence-electron chi connectivity index (χ3n) is 4.06. The van der Waals surface area contributed by atoms with E-state index in [0.29, 0.717) is 34.3 Å². The Hall–Kier alpha value is -3.82. The van der Waals surface area contributed by atoms with Gasteiger partial charge in [-0.1, -0.05) is 28.6 Å².